The summed E-state index contributed by atoms with van der Waals surface area (Å²) in [5.41, 5.74) is 3.97. The molecule has 0 aliphatic rings. The van der Waals surface area contributed by atoms with Gasteiger partial charge in [0, 0.05) is 16.5 Å². The zero-order valence-electron chi connectivity index (χ0n) is 15.8. The predicted molar refractivity (Wildman–Crippen MR) is 108 cm³/mol. The third-order valence-electron chi connectivity index (χ3n) is 4.31. The van der Waals surface area contributed by atoms with Gasteiger partial charge in [-0.3, -0.25) is 0 Å². The molecule has 2 aromatic heterocycles. The van der Waals surface area contributed by atoms with E-state index in [1.165, 1.54) is 5.56 Å². The third kappa shape index (κ3) is 3.75. The van der Waals surface area contributed by atoms with Crippen molar-refractivity contribution in [1.29, 1.82) is 0 Å². The highest BCUT2D eigenvalue weighted by Gasteiger charge is 2.13. The molecule has 0 amide bonds. The average Bonchev–Trinajstić information content (AvgIpc) is 3.38. The molecule has 0 radical (unpaired) electrons. The normalized spacial score (nSPS) is 10.8. The Labute approximate surface area is 166 Å². The van der Waals surface area contributed by atoms with Crippen molar-refractivity contribution in [1.82, 2.24) is 15.1 Å². The molecule has 0 atom stereocenters. The van der Waals surface area contributed by atoms with Crippen LogP contribution in [0.25, 0.3) is 22.6 Å². The number of thiazole rings is 1. The van der Waals surface area contributed by atoms with Gasteiger partial charge in [0.25, 0.3) is 0 Å². The van der Waals surface area contributed by atoms with Crippen molar-refractivity contribution in [2.24, 2.45) is 0 Å². The molecule has 0 spiro atoms. The fourth-order valence-electron chi connectivity index (χ4n) is 2.80. The van der Waals surface area contributed by atoms with Crippen molar-refractivity contribution in [3.8, 4) is 34.1 Å². The number of hydrogen-bond acceptors (Lipinski definition) is 7. The molecule has 0 aliphatic carbocycles. The highest BCUT2D eigenvalue weighted by Crippen LogP contribution is 2.33. The zero-order chi connectivity index (χ0) is 19.5. The minimum absolute atomic E-state index is 0.497. The first kappa shape index (κ1) is 18.2. The molecule has 0 saturated carbocycles. The Bertz CT molecular complexity index is 1090. The van der Waals surface area contributed by atoms with Crippen LogP contribution in [0.2, 0.25) is 0 Å². The van der Waals surface area contributed by atoms with Crippen molar-refractivity contribution in [3.63, 3.8) is 0 Å². The summed E-state index contributed by atoms with van der Waals surface area (Å²) in [6.07, 6.45) is 0.497. The van der Waals surface area contributed by atoms with Crippen LogP contribution in [0.5, 0.6) is 11.5 Å². The molecule has 0 fully saturated rings. The number of methoxy groups -OCH3 is 2. The quantitative estimate of drug-likeness (QED) is 0.470. The molecule has 0 saturated heterocycles. The van der Waals surface area contributed by atoms with E-state index in [9.17, 15) is 0 Å². The summed E-state index contributed by atoms with van der Waals surface area (Å²) in [7, 11) is 3.24. The van der Waals surface area contributed by atoms with Crippen LogP contribution in [-0.2, 0) is 6.42 Å². The molecular weight excluding hydrogens is 374 g/mol. The molecular formula is C21H19N3O3S. The van der Waals surface area contributed by atoms with Crippen LogP contribution in [0.15, 0.2) is 52.4 Å². The van der Waals surface area contributed by atoms with Crippen LogP contribution < -0.4 is 9.47 Å². The largest absolute Gasteiger partial charge is 0.493 e. The second-order valence-electron chi connectivity index (χ2n) is 6.25. The molecule has 2 heterocycles. The fourth-order valence-corrected chi connectivity index (χ4v) is 3.59. The van der Waals surface area contributed by atoms with E-state index in [2.05, 4.69) is 10.1 Å². The van der Waals surface area contributed by atoms with Crippen molar-refractivity contribution >= 4 is 11.3 Å². The second kappa shape index (κ2) is 7.82. The van der Waals surface area contributed by atoms with Gasteiger partial charge in [-0.15, -0.1) is 11.3 Å². The molecule has 142 valence electrons. The Morgan fingerprint density at radius 3 is 2.43 bits per heavy atom. The molecule has 6 nitrogen and oxygen atoms in total. The highest BCUT2D eigenvalue weighted by molar-refractivity contribution is 7.10. The summed E-state index contributed by atoms with van der Waals surface area (Å²) >= 11 is 1.56. The van der Waals surface area contributed by atoms with Crippen LogP contribution in [0.1, 0.15) is 16.5 Å². The Morgan fingerprint density at radius 2 is 1.68 bits per heavy atom. The van der Waals surface area contributed by atoms with Gasteiger partial charge in [0.05, 0.1) is 26.3 Å². The van der Waals surface area contributed by atoms with Gasteiger partial charge < -0.3 is 14.0 Å². The first-order chi connectivity index (χ1) is 13.7. The van der Waals surface area contributed by atoms with Gasteiger partial charge in [-0.2, -0.15) is 4.98 Å². The van der Waals surface area contributed by atoms with Gasteiger partial charge in [0.1, 0.15) is 5.01 Å². The Hall–Kier alpha value is -3.19. The second-order valence-corrected chi connectivity index (χ2v) is 7.19. The van der Waals surface area contributed by atoms with E-state index in [1.54, 1.807) is 25.6 Å². The topological polar surface area (TPSA) is 70.3 Å². The molecule has 28 heavy (non-hydrogen) atoms. The maximum absolute atomic E-state index is 5.40. The lowest BCUT2D eigenvalue weighted by molar-refractivity contribution is 0.355. The van der Waals surface area contributed by atoms with E-state index in [-0.39, 0.29) is 0 Å². The van der Waals surface area contributed by atoms with Gasteiger partial charge in [-0.25, -0.2) is 4.98 Å². The summed E-state index contributed by atoms with van der Waals surface area (Å²) in [6, 6.07) is 13.8. The number of ether oxygens (including phenoxy) is 2. The van der Waals surface area contributed by atoms with E-state index in [4.69, 9.17) is 19.0 Å². The molecule has 7 heteroatoms. The van der Waals surface area contributed by atoms with Crippen LogP contribution in [-0.4, -0.2) is 29.3 Å². The van der Waals surface area contributed by atoms with Gasteiger partial charge >= 0.3 is 0 Å². The highest BCUT2D eigenvalue weighted by atomic mass is 32.1. The van der Waals surface area contributed by atoms with Gasteiger partial charge in [0.2, 0.25) is 11.7 Å². The Kier molecular flexibility index (Phi) is 5.08. The number of nitrogens with zero attached hydrogens (tertiary/aromatic N) is 3. The number of aromatic nitrogens is 3. The predicted octanol–water partition coefficient (Wildman–Crippen LogP) is 4.78. The summed E-state index contributed by atoms with van der Waals surface area (Å²) in [4.78, 5) is 9.18. The minimum atomic E-state index is 0.497. The molecule has 0 aliphatic heterocycles. The third-order valence-corrected chi connectivity index (χ3v) is 5.16. The van der Waals surface area contributed by atoms with Crippen molar-refractivity contribution in [3.05, 3.63) is 64.3 Å². The summed E-state index contributed by atoms with van der Waals surface area (Å²) in [5.74, 6) is 2.50. The minimum Gasteiger partial charge on any atom is -0.493 e. The van der Waals surface area contributed by atoms with E-state index < -0.39 is 0 Å². The number of benzene rings is 2. The van der Waals surface area contributed by atoms with Crippen molar-refractivity contribution < 1.29 is 14.0 Å². The maximum Gasteiger partial charge on any atom is 0.233 e. The SMILES string of the molecule is COc1ccc(-c2csc(Cc3nc(-c4ccc(C)cc4)no3)n2)cc1OC. The van der Waals surface area contributed by atoms with E-state index >= 15 is 0 Å². The molecule has 0 unspecified atom stereocenters. The molecule has 0 N–H and O–H groups in total. The molecule has 4 rings (SSSR count). The standard InChI is InChI=1S/C21H19N3O3S/c1-13-4-6-14(7-5-13)21-23-19(27-24-21)11-20-22-16(12-28-20)15-8-9-17(25-2)18(10-15)26-3/h4-10,12H,11H2,1-3H3. The molecule has 4 aromatic rings. The first-order valence-corrected chi connectivity index (χ1v) is 9.60. The van der Waals surface area contributed by atoms with Crippen LogP contribution >= 0.6 is 11.3 Å². The zero-order valence-corrected chi connectivity index (χ0v) is 16.6. The van der Waals surface area contributed by atoms with E-state index in [0.717, 1.165) is 21.8 Å². The molecule has 0 bridgehead atoms. The van der Waals surface area contributed by atoms with Gasteiger partial charge in [0.15, 0.2) is 11.5 Å². The lowest BCUT2D eigenvalue weighted by Crippen LogP contribution is -1.91. The van der Waals surface area contributed by atoms with Gasteiger partial charge in [-0.05, 0) is 25.1 Å². The Balaban J connectivity index is 1.52. The number of aryl methyl sites for hydroxylation is 1. The smallest absolute Gasteiger partial charge is 0.233 e. The van der Waals surface area contributed by atoms with E-state index in [1.807, 2.05) is 54.8 Å². The van der Waals surface area contributed by atoms with Crippen LogP contribution in [0.4, 0.5) is 0 Å². The lowest BCUT2D eigenvalue weighted by Gasteiger charge is -2.08. The summed E-state index contributed by atoms with van der Waals surface area (Å²) < 4.78 is 16.1. The van der Waals surface area contributed by atoms with E-state index in [0.29, 0.717) is 29.6 Å². The number of hydrogen-bond donors (Lipinski definition) is 0. The fraction of sp³-hybridized carbons (Fsp3) is 0.190. The first-order valence-electron chi connectivity index (χ1n) is 8.72. The van der Waals surface area contributed by atoms with Crippen molar-refractivity contribution in [2.75, 3.05) is 14.2 Å². The summed E-state index contributed by atoms with van der Waals surface area (Å²) in [5, 5.41) is 6.99. The van der Waals surface area contributed by atoms with Gasteiger partial charge in [-0.1, -0.05) is 35.0 Å². The lowest BCUT2D eigenvalue weighted by atomic mass is 10.1. The Morgan fingerprint density at radius 1 is 0.929 bits per heavy atom. The van der Waals surface area contributed by atoms with Crippen LogP contribution in [0, 0.1) is 6.92 Å². The average molecular weight is 393 g/mol. The number of rotatable bonds is 6. The summed E-state index contributed by atoms with van der Waals surface area (Å²) in [6.45, 7) is 2.05. The van der Waals surface area contributed by atoms with Crippen molar-refractivity contribution in [2.45, 2.75) is 13.3 Å². The monoisotopic (exact) mass is 393 g/mol. The maximum atomic E-state index is 5.40. The molecule has 2 aromatic carbocycles. The van der Waals surface area contributed by atoms with Crippen LogP contribution in [0.3, 0.4) is 0 Å².